The van der Waals surface area contributed by atoms with E-state index in [1.807, 2.05) is 55.5 Å². The molecule has 2 aromatic heterocycles. The molecule has 0 unspecified atom stereocenters. The van der Waals surface area contributed by atoms with E-state index in [1.54, 1.807) is 6.07 Å². The highest BCUT2D eigenvalue weighted by Crippen LogP contribution is 2.33. The molecule has 2 aromatic carbocycles. The standard InChI is InChI=1S/C35H39N5O5/c1-23-16-26(35(42)25-6-7-25)8-9-27(23)21-44-34-5-3-4-32(37-34)39-14-13-38(24(2)18-39)20-33-36-30-11-10-28(45-22-41)17-31(30)40(33)19-29-12-15-43-29/h3-5,8-11,16-17,22,24-25,29H,6-7,12-15,18-21H2,1-2H3/t24-,29-/m0/s1. The van der Waals surface area contributed by atoms with Crippen LogP contribution in [0.15, 0.2) is 54.6 Å². The lowest BCUT2D eigenvalue weighted by molar-refractivity contribution is -0.120. The van der Waals surface area contributed by atoms with Gasteiger partial charge in [0, 0.05) is 55.9 Å². The normalized spacial score (nSPS) is 20.2. The lowest BCUT2D eigenvalue weighted by atomic mass is 10.0. The Hall–Kier alpha value is -4.28. The van der Waals surface area contributed by atoms with E-state index in [9.17, 15) is 9.59 Å². The number of carbonyl (C=O) groups excluding carboxylic acids is 2. The molecule has 10 heteroatoms. The Bertz CT molecular complexity index is 1710. The third-order valence-electron chi connectivity index (χ3n) is 9.26. The molecule has 4 aromatic rings. The molecule has 45 heavy (non-hydrogen) atoms. The van der Waals surface area contributed by atoms with E-state index in [2.05, 4.69) is 21.3 Å². The average Bonchev–Trinajstić information content (AvgIpc) is 3.82. The first kappa shape index (κ1) is 29.4. The number of ether oxygens (including phenoxy) is 3. The van der Waals surface area contributed by atoms with Crippen molar-refractivity contribution in [2.24, 2.45) is 5.92 Å². The number of aromatic nitrogens is 3. The van der Waals surface area contributed by atoms with Gasteiger partial charge in [-0.1, -0.05) is 18.2 Å². The third-order valence-corrected chi connectivity index (χ3v) is 9.26. The first-order valence-electron chi connectivity index (χ1n) is 15.9. The molecule has 3 fully saturated rings. The molecule has 2 aliphatic heterocycles. The largest absolute Gasteiger partial charge is 0.473 e. The minimum atomic E-state index is 0.173. The summed E-state index contributed by atoms with van der Waals surface area (Å²) < 4.78 is 19.2. The van der Waals surface area contributed by atoms with Gasteiger partial charge in [0.1, 0.15) is 24.0 Å². The van der Waals surface area contributed by atoms with Crippen LogP contribution >= 0.6 is 0 Å². The zero-order valence-corrected chi connectivity index (χ0v) is 25.9. The van der Waals surface area contributed by atoms with Crippen molar-refractivity contribution in [2.45, 2.75) is 65.0 Å². The van der Waals surface area contributed by atoms with Crippen LogP contribution in [-0.4, -0.2) is 70.1 Å². The van der Waals surface area contributed by atoms with Gasteiger partial charge in [-0.05, 0) is 68.5 Å². The SMILES string of the molecule is Cc1cc(C(=O)C2CC2)ccc1COc1cccc(N2CCN(Cc3nc4ccc(OC=O)cc4n3C[C@@H]3CCO3)[C@@H](C)C2)n1. The van der Waals surface area contributed by atoms with Crippen LogP contribution in [0, 0.1) is 12.8 Å². The molecule has 0 bridgehead atoms. The second-order valence-electron chi connectivity index (χ2n) is 12.5. The number of nitrogens with zero attached hydrogens (tertiary/aromatic N) is 5. The van der Waals surface area contributed by atoms with Crippen LogP contribution < -0.4 is 14.4 Å². The Morgan fingerprint density at radius 2 is 1.93 bits per heavy atom. The summed E-state index contributed by atoms with van der Waals surface area (Å²) in [4.78, 5) is 38.0. The summed E-state index contributed by atoms with van der Waals surface area (Å²) in [7, 11) is 0. The van der Waals surface area contributed by atoms with Crippen molar-refractivity contribution in [1.82, 2.24) is 19.4 Å². The fourth-order valence-corrected chi connectivity index (χ4v) is 6.26. The summed E-state index contributed by atoms with van der Waals surface area (Å²) in [5.41, 5.74) is 4.75. The Labute approximate surface area is 262 Å². The summed E-state index contributed by atoms with van der Waals surface area (Å²) >= 11 is 0. The average molecular weight is 610 g/mol. The molecular formula is C35H39N5O5. The van der Waals surface area contributed by atoms with Crippen molar-refractivity contribution in [3.63, 3.8) is 0 Å². The molecule has 0 N–H and O–H groups in total. The molecule has 1 saturated carbocycles. The zero-order chi connectivity index (χ0) is 30.9. The molecule has 7 rings (SSSR count). The van der Waals surface area contributed by atoms with Gasteiger partial charge >= 0.3 is 0 Å². The number of Topliss-reactive ketones (excluding diaryl/α,β-unsaturated/α-hetero) is 1. The lowest BCUT2D eigenvalue weighted by Crippen LogP contribution is -2.52. The summed E-state index contributed by atoms with van der Waals surface area (Å²) in [6, 6.07) is 17.7. The van der Waals surface area contributed by atoms with E-state index in [-0.39, 0.29) is 23.8 Å². The van der Waals surface area contributed by atoms with Crippen LogP contribution in [-0.2, 0) is 29.2 Å². The Balaban J connectivity index is 0.999. The number of pyridine rings is 1. The number of aryl methyl sites for hydroxylation is 1. The maximum Gasteiger partial charge on any atom is 0.298 e. The van der Waals surface area contributed by atoms with E-state index >= 15 is 0 Å². The second-order valence-corrected chi connectivity index (χ2v) is 12.5. The first-order valence-corrected chi connectivity index (χ1v) is 15.9. The molecule has 0 spiro atoms. The van der Waals surface area contributed by atoms with E-state index in [4.69, 9.17) is 24.2 Å². The molecule has 4 heterocycles. The van der Waals surface area contributed by atoms with Crippen LogP contribution in [0.5, 0.6) is 11.6 Å². The highest BCUT2D eigenvalue weighted by Gasteiger charge is 2.31. The minimum Gasteiger partial charge on any atom is -0.473 e. The molecule has 0 radical (unpaired) electrons. The molecule has 1 aliphatic carbocycles. The Morgan fingerprint density at radius 3 is 2.67 bits per heavy atom. The highest BCUT2D eigenvalue weighted by molar-refractivity contribution is 5.99. The number of rotatable bonds is 12. The van der Waals surface area contributed by atoms with Crippen molar-refractivity contribution in [2.75, 3.05) is 31.1 Å². The zero-order valence-electron chi connectivity index (χ0n) is 25.9. The number of hydrogen-bond acceptors (Lipinski definition) is 9. The van der Waals surface area contributed by atoms with Crippen LogP contribution in [0.3, 0.4) is 0 Å². The van der Waals surface area contributed by atoms with E-state index in [1.165, 1.54) is 0 Å². The van der Waals surface area contributed by atoms with Crippen LogP contribution in [0.2, 0.25) is 0 Å². The maximum absolute atomic E-state index is 12.4. The summed E-state index contributed by atoms with van der Waals surface area (Å²) in [5, 5.41) is 0. The second kappa shape index (κ2) is 12.6. The number of imidazole rings is 1. The minimum absolute atomic E-state index is 0.173. The van der Waals surface area contributed by atoms with Crippen LogP contribution in [0.1, 0.15) is 53.5 Å². The number of benzene rings is 2. The Kier molecular flexibility index (Phi) is 8.25. The highest BCUT2D eigenvalue weighted by atomic mass is 16.5. The fraction of sp³-hybridized carbons (Fsp3) is 0.429. The third kappa shape index (κ3) is 6.43. The van der Waals surface area contributed by atoms with Crippen molar-refractivity contribution in [3.05, 3.63) is 77.1 Å². The fourth-order valence-electron chi connectivity index (χ4n) is 6.26. The van der Waals surface area contributed by atoms with Crippen LogP contribution in [0.25, 0.3) is 11.0 Å². The van der Waals surface area contributed by atoms with E-state index in [0.717, 1.165) is 91.4 Å². The Morgan fingerprint density at radius 1 is 1.07 bits per heavy atom. The summed E-state index contributed by atoms with van der Waals surface area (Å²) in [5.74, 6) is 3.46. The van der Waals surface area contributed by atoms with Crippen molar-refractivity contribution in [1.29, 1.82) is 0 Å². The molecular weight excluding hydrogens is 570 g/mol. The molecule has 2 atom stereocenters. The summed E-state index contributed by atoms with van der Waals surface area (Å²) in [6.45, 7) is 9.88. The predicted molar refractivity (Wildman–Crippen MR) is 170 cm³/mol. The molecule has 0 amide bonds. The quantitative estimate of drug-likeness (QED) is 0.163. The maximum atomic E-state index is 12.4. The topological polar surface area (TPSA) is 99.0 Å². The molecule has 2 saturated heterocycles. The number of piperazine rings is 1. The van der Waals surface area contributed by atoms with Gasteiger partial charge in [-0.15, -0.1) is 0 Å². The van der Waals surface area contributed by atoms with Crippen LogP contribution in [0.4, 0.5) is 5.82 Å². The van der Waals surface area contributed by atoms with Crippen molar-refractivity contribution >= 4 is 29.1 Å². The van der Waals surface area contributed by atoms with Gasteiger partial charge in [0.25, 0.3) is 6.47 Å². The van der Waals surface area contributed by atoms with Crippen molar-refractivity contribution in [3.8, 4) is 11.6 Å². The van der Waals surface area contributed by atoms with E-state index < -0.39 is 0 Å². The number of hydrogen-bond donors (Lipinski definition) is 0. The lowest BCUT2D eigenvalue weighted by Gasteiger charge is -2.40. The first-order chi connectivity index (χ1) is 21.9. The van der Waals surface area contributed by atoms with Gasteiger partial charge in [0.2, 0.25) is 5.88 Å². The molecule has 10 nitrogen and oxygen atoms in total. The van der Waals surface area contributed by atoms with Gasteiger partial charge in [0.05, 0.1) is 30.2 Å². The van der Waals surface area contributed by atoms with Gasteiger partial charge in [-0.25, -0.2) is 4.98 Å². The monoisotopic (exact) mass is 609 g/mol. The van der Waals surface area contributed by atoms with Gasteiger partial charge < -0.3 is 23.7 Å². The molecule has 234 valence electrons. The smallest absolute Gasteiger partial charge is 0.298 e. The van der Waals surface area contributed by atoms with E-state index in [0.29, 0.717) is 31.3 Å². The number of carbonyl (C=O) groups is 2. The van der Waals surface area contributed by atoms with Gasteiger partial charge in [-0.2, -0.15) is 4.98 Å². The molecule has 3 aliphatic rings. The number of anilines is 1. The number of ketones is 1. The number of fused-ring (bicyclic) bond motifs is 1. The van der Waals surface area contributed by atoms with Crippen molar-refractivity contribution < 1.29 is 23.8 Å². The summed E-state index contributed by atoms with van der Waals surface area (Å²) in [6.07, 6.45) is 3.23. The van der Waals surface area contributed by atoms with Gasteiger partial charge in [0.15, 0.2) is 5.78 Å². The van der Waals surface area contributed by atoms with Gasteiger partial charge in [-0.3, -0.25) is 14.5 Å². The predicted octanol–water partition coefficient (Wildman–Crippen LogP) is 4.95.